The molecule has 6 nitrogen and oxygen atoms in total. The van der Waals surface area contributed by atoms with E-state index in [-0.39, 0.29) is 59.4 Å². The van der Waals surface area contributed by atoms with Gasteiger partial charge in [-0.05, 0) is 0 Å². The third kappa shape index (κ3) is 1020. The van der Waals surface area contributed by atoms with Gasteiger partial charge in [-0.15, -0.1) is 0 Å². The summed E-state index contributed by atoms with van der Waals surface area (Å²) in [5.74, 6) is 0. The van der Waals surface area contributed by atoms with Crippen LogP contribution in [0.25, 0.3) is 0 Å². The average molecular weight is 395 g/mol. The summed E-state index contributed by atoms with van der Waals surface area (Å²) < 4.78 is 30.3. The molecule has 0 aliphatic carbocycles. The summed E-state index contributed by atoms with van der Waals surface area (Å²) in [5, 5.41) is 41.7. The van der Waals surface area contributed by atoms with Crippen molar-refractivity contribution in [3.63, 3.8) is 0 Å². The predicted molar refractivity (Wildman–Crippen MR) is 101 cm³/mol. The highest BCUT2D eigenvalue weighted by molar-refractivity contribution is 6.93. The molecule has 0 amide bonds. The van der Waals surface area contributed by atoms with Gasteiger partial charge in [0.2, 0.25) is 0 Å². The largest absolute Gasteiger partial charge is 0.674 e. The molecule has 0 aliphatic heterocycles. The molecule has 0 heterocycles. The third-order valence-electron chi connectivity index (χ3n) is 0. The van der Waals surface area contributed by atoms with Gasteiger partial charge in [-0.2, -0.15) is 59.4 Å². The van der Waals surface area contributed by atoms with Gasteiger partial charge in [0.25, 0.3) is 0 Å². The molecule has 0 aromatic carbocycles. The zero-order chi connectivity index (χ0) is 10.7. The maximum atomic E-state index is 10.1. The highest BCUT2D eigenvalue weighted by Gasteiger charge is 1.98. The fourth-order valence-electron chi connectivity index (χ4n) is 0. The Balaban J connectivity index is -0.00000000827. The molecule has 18 heavy (non-hydrogen) atoms. The van der Waals surface area contributed by atoms with Gasteiger partial charge in [-0.3, -0.25) is 12.9 Å². The van der Waals surface area contributed by atoms with Crippen LogP contribution >= 0.6 is 59.4 Å². The molecule has 0 fully saturated rings. The molecule has 0 aromatic rings. The van der Waals surface area contributed by atoms with Gasteiger partial charge >= 0.3 is 22.2 Å². The van der Waals surface area contributed by atoms with Crippen LogP contribution in [0.4, 0.5) is 12.9 Å². The SMILES string of the molecule is OB(O)F.OB(O)F.OB(O)F.P.P.P.P.P.P. The van der Waals surface area contributed by atoms with Crippen molar-refractivity contribution in [2.24, 2.45) is 0 Å². The van der Waals surface area contributed by atoms with Crippen molar-refractivity contribution in [2.45, 2.75) is 0 Å². The first kappa shape index (κ1) is 59.2. The topological polar surface area (TPSA) is 121 Å². The van der Waals surface area contributed by atoms with E-state index in [0.717, 1.165) is 0 Å². The van der Waals surface area contributed by atoms with Crippen LogP contribution in [0.5, 0.6) is 0 Å². The first-order chi connectivity index (χ1) is 5.20. The summed E-state index contributed by atoms with van der Waals surface area (Å²) >= 11 is 0. The molecule has 0 bridgehead atoms. The van der Waals surface area contributed by atoms with Crippen LogP contribution in [0.1, 0.15) is 0 Å². The fraction of sp³-hybridized carbons (Fsp3) is 0. The van der Waals surface area contributed by atoms with E-state index in [1.807, 2.05) is 0 Å². The quantitative estimate of drug-likeness (QED) is 0.194. The molecule has 120 valence electrons. The smallest absolute Gasteiger partial charge is 0.398 e. The number of hydrogen-bond acceptors (Lipinski definition) is 6. The van der Waals surface area contributed by atoms with Gasteiger partial charge in [0, 0.05) is 0 Å². The van der Waals surface area contributed by atoms with Crippen molar-refractivity contribution in [1.29, 1.82) is 0 Å². The molecule has 0 rings (SSSR count). The molecule has 6 atom stereocenters. The molecule has 0 aliphatic rings. The molecule has 0 saturated heterocycles. The zero-order valence-electron chi connectivity index (χ0n) is 9.79. The molecule has 18 heteroatoms. The summed E-state index contributed by atoms with van der Waals surface area (Å²) in [6.45, 7) is 0. The van der Waals surface area contributed by atoms with E-state index >= 15 is 0 Å². The standard InChI is InChI=1S/3BFH2O2.6H3P/c3*2-1(3)4;;;;;;/h3*3-4H;6*1H3. The minimum absolute atomic E-state index is 0. The predicted octanol–water partition coefficient (Wildman–Crippen LogP) is -2.88. The number of rotatable bonds is 0. The van der Waals surface area contributed by atoms with Crippen molar-refractivity contribution in [2.75, 3.05) is 0 Å². The number of halogens is 3. The second kappa shape index (κ2) is 50.6. The Labute approximate surface area is 125 Å². The molecule has 0 spiro atoms. The summed E-state index contributed by atoms with van der Waals surface area (Å²) in [4.78, 5) is 0. The second-order valence-electron chi connectivity index (χ2n) is 0.932. The lowest BCUT2D eigenvalue weighted by Crippen LogP contribution is -1.98. The zero-order valence-corrected chi connectivity index (χ0v) is 18.3. The monoisotopic (exact) mass is 396 g/mol. The van der Waals surface area contributed by atoms with E-state index in [1.54, 1.807) is 0 Å². The first-order valence-electron chi connectivity index (χ1n) is 2.20. The Bertz CT molecular complexity index is 63.1. The normalized spacial score (nSPS) is 4.50. The Morgan fingerprint density at radius 2 is 0.389 bits per heavy atom. The van der Waals surface area contributed by atoms with Gasteiger partial charge in [0.15, 0.2) is 0 Å². The van der Waals surface area contributed by atoms with Crippen LogP contribution in [0, 0.1) is 0 Å². The Hall–Kier alpha value is 2.32. The maximum absolute atomic E-state index is 10.1. The summed E-state index contributed by atoms with van der Waals surface area (Å²) in [5.41, 5.74) is 0. The van der Waals surface area contributed by atoms with Crippen LogP contribution in [-0.4, -0.2) is 52.3 Å². The summed E-state index contributed by atoms with van der Waals surface area (Å²) in [6, 6.07) is 0. The molecule has 0 saturated carbocycles. The maximum Gasteiger partial charge on any atom is 0.674 e. The molecule has 6 N–H and O–H groups in total. The van der Waals surface area contributed by atoms with Crippen LogP contribution < -0.4 is 0 Å². The lowest BCUT2D eigenvalue weighted by atomic mass is 10.3. The van der Waals surface area contributed by atoms with Crippen LogP contribution in [-0.2, 0) is 0 Å². The van der Waals surface area contributed by atoms with Gasteiger partial charge < -0.3 is 30.1 Å². The fourth-order valence-corrected chi connectivity index (χ4v) is 0. The molecule has 0 radical (unpaired) electrons. The Morgan fingerprint density at radius 1 is 0.389 bits per heavy atom. The highest BCUT2D eigenvalue weighted by atomic mass is 31.0. The minimum atomic E-state index is -2.67. The van der Waals surface area contributed by atoms with Crippen molar-refractivity contribution in [1.82, 2.24) is 0 Å². The molecular weight excluding hydrogens is 371 g/mol. The van der Waals surface area contributed by atoms with Gasteiger partial charge in [-0.25, -0.2) is 0 Å². The van der Waals surface area contributed by atoms with Gasteiger partial charge in [0.1, 0.15) is 0 Å². The van der Waals surface area contributed by atoms with E-state index < -0.39 is 22.2 Å². The lowest BCUT2D eigenvalue weighted by molar-refractivity contribution is 0.338. The van der Waals surface area contributed by atoms with E-state index in [4.69, 9.17) is 30.1 Å². The van der Waals surface area contributed by atoms with Crippen LogP contribution in [0.3, 0.4) is 0 Å². The van der Waals surface area contributed by atoms with Crippen molar-refractivity contribution in [3.8, 4) is 0 Å². The first-order valence-corrected chi connectivity index (χ1v) is 2.20. The Morgan fingerprint density at radius 3 is 0.389 bits per heavy atom. The summed E-state index contributed by atoms with van der Waals surface area (Å²) in [6.07, 6.45) is 0. The molecular formula is H24B3F3O6P6. The van der Waals surface area contributed by atoms with E-state index in [1.165, 1.54) is 0 Å². The van der Waals surface area contributed by atoms with E-state index in [0.29, 0.717) is 0 Å². The van der Waals surface area contributed by atoms with E-state index in [9.17, 15) is 12.9 Å². The number of hydrogen-bond donors (Lipinski definition) is 6. The Kier molecular flexibility index (Phi) is 166. The van der Waals surface area contributed by atoms with Crippen LogP contribution in [0.15, 0.2) is 0 Å². The van der Waals surface area contributed by atoms with Gasteiger partial charge in [0.05, 0.1) is 0 Å². The third-order valence-corrected chi connectivity index (χ3v) is 0. The minimum Gasteiger partial charge on any atom is -0.398 e. The van der Waals surface area contributed by atoms with Crippen LogP contribution in [0.2, 0.25) is 0 Å². The van der Waals surface area contributed by atoms with Crippen molar-refractivity contribution < 1.29 is 43.1 Å². The van der Waals surface area contributed by atoms with Crippen molar-refractivity contribution in [3.05, 3.63) is 0 Å². The summed E-state index contributed by atoms with van der Waals surface area (Å²) in [7, 11) is -8.00. The average Bonchev–Trinajstić information content (AvgIpc) is 1.54. The van der Waals surface area contributed by atoms with Crippen molar-refractivity contribution >= 4 is 81.6 Å². The second-order valence-corrected chi connectivity index (χ2v) is 0.932. The van der Waals surface area contributed by atoms with Gasteiger partial charge in [-0.1, -0.05) is 0 Å². The molecule has 0 aromatic heterocycles. The van der Waals surface area contributed by atoms with E-state index in [2.05, 4.69) is 0 Å². The molecule has 6 unspecified atom stereocenters. The highest BCUT2D eigenvalue weighted by Crippen LogP contribution is 1.58. The lowest BCUT2D eigenvalue weighted by Gasteiger charge is -1.65.